The molecule has 1 heterocycles. The average molecular weight is 360 g/mol. The minimum atomic E-state index is -0.566. The third kappa shape index (κ3) is 4.20. The third-order valence-corrected chi connectivity index (χ3v) is 4.06. The Labute approximate surface area is 154 Å². The van der Waals surface area contributed by atoms with Gasteiger partial charge in [-0.2, -0.15) is 0 Å². The van der Waals surface area contributed by atoms with Gasteiger partial charge < -0.3 is 11.1 Å². The van der Waals surface area contributed by atoms with Gasteiger partial charge >= 0.3 is 0 Å². The van der Waals surface area contributed by atoms with Gasteiger partial charge in [-0.3, -0.25) is 9.59 Å². The highest BCUT2D eigenvalue weighted by Crippen LogP contribution is 2.17. The van der Waals surface area contributed by atoms with Gasteiger partial charge in [-0.25, -0.2) is 4.98 Å². The van der Waals surface area contributed by atoms with E-state index in [1.54, 1.807) is 30.3 Å². The highest BCUT2D eigenvalue weighted by molar-refractivity contribution is 5.95. The molecule has 134 valence electrons. The first-order valence-corrected chi connectivity index (χ1v) is 8.16. The molecule has 3 aromatic rings. The third-order valence-electron chi connectivity index (χ3n) is 4.06. The van der Waals surface area contributed by atoms with E-state index in [2.05, 4.69) is 20.3 Å². The summed E-state index contributed by atoms with van der Waals surface area (Å²) in [6.45, 7) is 0.0196. The SMILES string of the molecule is [N-]=[N+]=NCC(NC(=O)c1ccc2ccccc2n1)c1ccc(C(N)=O)cc1. The molecule has 8 nitrogen and oxygen atoms in total. The lowest BCUT2D eigenvalue weighted by molar-refractivity contribution is 0.0932. The summed E-state index contributed by atoms with van der Waals surface area (Å²) in [4.78, 5) is 30.9. The fourth-order valence-electron chi connectivity index (χ4n) is 2.66. The fraction of sp³-hybridized carbons (Fsp3) is 0.105. The number of carbonyl (C=O) groups excluding carboxylic acids is 2. The molecule has 0 aliphatic heterocycles. The molecule has 0 spiro atoms. The summed E-state index contributed by atoms with van der Waals surface area (Å²) in [5.41, 5.74) is 15.9. The summed E-state index contributed by atoms with van der Waals surface area (Å²) >= 11 is 0. The number of hydrogen-bond acceptors (Lipinski definition) is 4. The number of hydrogen-bond donors (Lipinski definition) is 2. The monoisotopic (exact) mass is 360 g/mol. The van der Waals surface area contributed by atoms with Crippen molar-refractivity contribution in [2.75, 3.05) is 6.54 Å². The summed E-state index contributed by atoms with van der Waals surface area (Å²) in [5, 5.41) is 7.30. The molecular weight excluding hydrogens is 344 g/mol. The van der Waals surface area contributed by atoms with Crippen LogP contribution in [0.4, 0.5) is 0 Å². The largest absolute Gasteiger partial charge is 0.366 e. The first-order chi connectivity index (χ1) is 13.1. The van der Waals surface area contributed by atoms with Crippen molar-refractivity contribution in [2.45, 2.75) is 6.04 Å². The number of benzene rings is 2. The van der Waals surface area contributed by atoms with Crippen molar-refractivity contribution >= 4 is 22.7 Å². The van der Waals surface area contributed by atoms with Crippen molar-refractivity contribution in [3.05, 3.63) is 87.9 Å². The maximum atomic E-state index is 12.6. The highest BCUT2D eigenvalue weighted by atomic mass is 16.2. The number of carbonyl (C=O) groups is 2. The summed E-state index contributed by atoms with van der Waals surface area (Å²) < 4.78 is 0. The van der Waals surface area contributed by atoms with Gasteiger partial charge in [0.05, 0.1) is 18.1 Å². The van der Waals surface area contributed by atoms with Crippen LogP contribution in [0.5, 0.6) is 0 Å². The molecule has 27 heavy (non-hydrogen) atoms. The van der Waals surface area contributed by atoms with Gasteiger partial charge in [0.2, 0.25) is 5.91 Å². The molecule has 8 heteroatoms. The summed E-state index contributed by atoms with van der Waals surface area (Å²) in [7, 11) is 0. The number of nitrogens with two attached hydrogens (primary N) is 1. The van der Waals surface area contributed by atoms with Crippen molar-refractivity contribution in [1.82, 2.24) is 10.3 Å². The minimum absolute atomic E-state index is 0.0196. The molecule has 3 rings (SSSR count). The first kappa shape index (κ1) is 17.9. The Kier molecular flexibility index (Phi) is 5.30. The van der Waals surface area contributed by atoms with Crippen LogP contribution < -0.4 is 11.1 Å². The molecule has 0 fully saturated rings. The zero-order valence-electron chi connectivity index (χ0n) is 14.2. The van der Waals surface area contributed by atoms with Crippen LogP contribution in [-0.4, -0.2) is 23.3 Å². The van der Waals surface area contributed by atoms with Gasteiger partial charge in [-0.05, 0) is 35.4 Å². The van der Waals surface area contributed by atoms with Crippen molar-refractivity contribution in [2.24, 2.45) is 10.8 Å². The van der Waals surface area contributed by atoms with Crippen molar-refractivity contribution in [3.63, 3.8) is 0 Å². The van der Waals surface area contributed by atoms with Crippen LogP contribution in [0, 0.1) is 0 Å². The molecule has 1 aromatic heterocycles. The van der Waals surface area contributed by atoms with Gasteiger partial charge in [0.1, 0.15) is 5.69 Å². The quantitative estimate of drug-likeness (QED) is 0.397. The molecule has 0 saturated heterocycles. The molecule has 0 saturated carbocycles. The van der Waals surface area contributed by atoms with Crippen molar-refractivity contribution in [3.8, 4) is 0 Å². The van der Waals surface area contributed by atoms with Crippen LogP contribution in [0.25, 0.3) is 21.3 Å². The van der Waals surface area contributed by atoms with Crippen LogP contribution in [0.3, 0.4) is 0 Å². The Balaban J connectivity index is 1.85. The fourth-order valence-corrected chi connectivity index (χ4v) is 2.66. The van der Waals surface area contributed by atoms with E-state index >= 15 is 0 Å². The standard InChI is InChI=1S/C19H16N6O2/c20-18(26)14-7-5-13(6-8-14)17(11-22-25-21)24-19(27)16-10-9-12-3-1-2-4-15(12)23-16/h1-10,17H,11H2,(H2,20,26)(H,24,27). The van der Waals surface area contributed by atoms with Gasteiger partial charge in [0, 0.05) is 15.9 Å². The number of aromatic nitrogens is 1. The molecule has 0 aliphatic carbocycles. The summed E-state index contributed by atoms with van der Waals surface area (Å²) in [6, 6.07) is 16.8. The molecule has 2 amide bonds. The maximum absolute atomic E-state index is 12.6. The molecule has 3 N–H and O–H groups in total. The average Bonchev–Trinajstić information content (AvgIpc) is 2.70. The lowest BCUT2D eigenvalue weighted by Gasteiger charge is -2.17. The van der Waals surface area contributed by atoms with Crippen molar-refractivity contribution in [1.29, 1.82) is 0 Å². The number of rotatable bonds is 6. The zero-order chi connectivity index (χ0) is 19.2. The Morgan fingerprint density at radius 3 is 2.56 bits per heavy atom. The van der Waals surface area contributed by atoms with E-state index in [1.165, 1.54) is 0 Å². The number of primary amides is 1. The topological polar surface area (TPSA) is 134 Å². The van der Waals surface area contributed by atoms with Gasteiger partial charge in [0.15, 0.2) is 0 Å². The van der Waals surface area contributed by atoms with Gasteiger partial charge in [-0.15, -0.1) is 0 Å². The van der Waals surface area contributed by atoms with Gasteiger partial charge in [0.25, 0.3) is 5.91 Å². The first-order valence-electron chi connectivity index (χ1n) is 8.16. The normalized spacial score (nSPS) is 11.4. The zero-order valence-corrected chi connectivity index (χ0v) is 14.2. The van der Waals surface area contributed by atoms with E-state index in [0.717, 1.165) is 5.39 Å². The van der Waals surface area contributed by atoms with E-state index in [4.69, 9.17) is 11.3 Å². The second kappa shape index (κ2) is 7.99. The lowest BCUT2D eigenvalue weighted by atomic mass is 10.0. The number of azide groups is 1. The highest BCUT2D eigenvalue weighted by Gasteiger charge is 2.17. The van der Waals surface area contributed by atoms with Crippen LogP contribution in [0.1, 0.15) is 32.5 Å². The van der Waals surface area contributed by atoms with Crippen LogP contribution in [0.2, 0.25) is 0 Å². The Morgan fingerprint density at radius 2 is 1.85 bits per heavy atom. The number of pyridine rings is 1. The van der Waals surface area contributed by atoms with Crippen LogP contribution in [-0.2, 0) is 0 Å². The Bertz CT molecular complexity index is 1040. The van der Waals surface area contributed by atoms with Crippen LogP contribution >= 0.6 is 0 Å². The molecule has 2 aromatic carbocycles. The van der Waals surface area contributed by atoms with E-state index in [-0.39, 0.29) is 12.2 Å². The number of amides is 2. The number of nitrogens with zero attached hydrogens (tertiary/aromatic N) is 4. The second-order valence-electron chi connectivity index (χ2n) is 5.81. The number of fused-ring (bicyclic) bond motifs is 1. The predicted molar refractivity (Wildman–Crippen MR) is 101 cm³/mol. The molecule has 0 bridgehead atoms. The van der Waals surface area contributed by atoms with E-state index in [9.17, 15) is 9.59 Å². The van der Waals surface area contributed by atoms with Crippen molar-refractivity contribution < 1.29 is 9.59 Å². The van der Waals surface area contributed by atoms with E-state index < -0.39 is 17.9 Å². The maximum Gasteiger partial charge on any atom is 0.270 e. The molecule has 0 aliphatic rings. The van der Waals surface area contributed by atoms with E-state index in [0.29, 0.717) is 16.6 Å². The summed E-state index contributed by atoms with van der Waals surface area (Å²) in [5.74, 6) is -0.935. The molecule has 1 unspecified atom stereocenters. The van der Waals surface area contributed by atoms with E-state index in [1.807, 2.05) is 30.3 Å². The molecule has 0 radical (unpaired) electrons. The summed E-state index contributed by atoms with van der Waals surface area (Å²) in [6.07, 6.45) is 0. The number of para-hydroxylation sites is 1. The molecule has 1 atom stereocenters. The second-order valence-corrected chi connectivity index (χ2v) is 5.81. The molecular formula is C19H16N6O2. The smallest absolute Gasteiger partial charge is 0.270 e. The minimum Gasteiger partial charge on any atom is -0.366 e. The lowest BCUT2D eigenvalue weighted by Crippen LogP contribution is -2.31. The predicted octanol–water partition coefficient (Wildman–Crippen LogP) is 3.12. The van der Waals surface area contributed by atoms with Crippen LogP contribution in [0.15, 0.2) is 65.8 Å². The van der Waals surface area contributed by atoms with Gasteiger partial charge in [-0.1, -0.05) is 41.5 Å². The number of nitrogens with one attached hydrogen (secondary N) is 1. The Morgan fingerprint density at radius 1 is 1.11 bits per heavy atom. The Hall–Kier alpha value is -3.90.